The standard InChI is InChI=1S/C14H16ClN3O3S/c1-8-16-13(21-18-8)12-9-4-6-20-7-10(9)22-14(12)17-11(19)3-2-5-15/h2-7H2,1H3,(H,17,19). The van der Waals surface area contributed by atoms with Gasteiger partial charge in [-0.15, -0.1) is 22.9 Å². The first-order chi connectivity index (χ1) is 10.7. The lowest BCUT2D eigenvalue weighted by atomic mass is 10.1. The lowest BCUT2D eigenvalue weighted by Gasteiger charge is -2.12. The van der Waals surface area contributed by atoms with Crippen molar-refractivity contribution in [1.82, 2.24) is 10.1 Å². The molecule has 0 aliphatic carbocycles. The Hall–Kier alpha value is -1.44. The SMILES string of the molecule is Cc1noc(-c2c(NC(=O)CCCCl)sc3c2CCOC3)n1. The van der Waals surface area contributed by atoms with Crippen LogP contribution in [0.1, 0.15) is 29.1 Å². The zero-order chi connectivity index (χ0) is 15.5. The molecule has 1 aliphatic rings. The van der Waals surface area contributed by atoms with E-state index in [2.05, 4.69) is 15.5 Å². The number of hydrogen-bond acceptors (Lipinski definition) is 6. The van der Waals surface area contributed by atoms with Crippen molar-refractivity contribution in [2.24, 2.45) is 0 Å². The number of fused-ring (bicyclic) bond motifs is 1. The summed E-state index contributed by atoms with van der Waals surface area (Å²) in [6, 6.07) is 0. The number of amides is 1. The molecule has 0 atom stereocenters. The summed E-state index contributed by atoms with van der Waals surface area (Å²) < 4.78 is 10.8. The topological polar surface area (TPSA) is 77.2 Å². The van der Waals surface area contributed by atoms with Gasteiger partial charge in [0.2, 0.25) is 5.91 Å². The van der Waals surface area contributed by atoms with Gasteiger partial charge in [-0.2, -0.15) is 4.98 Å². The van der Waals surface area contributed by atoms with Crippen molar-refractivity contribution in [3.8, 4) is 11.5 Å². The second kappa shape index (κ2) is 6.76. The van der Waals surface area contributed by atoms with Gasteiger partial charge < -0.3 is 14.6 Å². The third-order valence-electron chi connectivity index (χ3n) is 3.35. The summed E-state index contributed by atoms with van der Waals surface area (Å²) in [7, 11) is 0. The van der Waals surface area contributed by atoms with Crippen molar-refractivity contribution in [2.45, 2.75) is 32.8 Å². The van der Waals surface area contributed by atoms with Crippen LogP contribution in [-0.4, -0.2) is 28.5 Å². The first-order valence-corrected chi connectivity index (χ1v) is 8.43. The van der Waals surface area contributed by atoms with Gasteiger partial charge in [-0.05, 0) is 25.3 Å². The lowest BCUT2D eigenvalue weighted by Crippen LogP contribution is -2.11. The molecular formula is C14H16ClN3O3S. The van der Waals surface area contributed by atoms with Gasteiger partial charge in [0.15, 0.2) is 5.82 Å². The number of halogens is 1. The summed E-state index contributed by atoms with van der Waals surface area (Å²) in [4.78, 5) is 17.4. The number of thiophene rings is 1. The van der Waals surface area contributed by atoms with Crippen LogP contribution >= 0.6 is 22.9 Å². The highest BCUT2D eigenvalue weighted by molar-refractivity contribution is 7.17. The molecule has 3 rings (SSSR count). The Morgan fingerprint density at radius 3 is 3.09 bits per heavy atom. The van der Waals surface area contributed by atoms with Crippen molar-refractivity contribution < 1.29 is 14.1 Å². The average Bonchev–Trinajstić information content (AvgIpc) is 3.08. The highest BCUT2D eigenvalue weighted by Gasteiger charge is 2.26. The Labute approximate surface area is 136 Å². The van der Waals surface area contributed by atoms with Gasteiger partial charge in [0, 0.05) is 17.2 Å². The highest BCUT2D eigenvalue weighted by Crippen LogP contribution is 2.42. The molecule has 0 bridgehead atoms. The highest BCUT2D eigenvalue weighted by atomic mass is 35.5. The number of ether oxygens (including phenoxy) is 1. The van der Waals surface area contributed by atoms with E-state index in [-0.39, 0.29) is 5.91 Å². The van der Waals surface area contributed by atoms with Crippen molar-refractivity contribution in [3.63, 3.8) is 0 Å². The van der Waals surface area contributed by atoms with E-state index in [1.807, 2.05) is 0 Å². The first kappa shape index (κ1) is 15.5. The van der Waals surface area contributed by atoms with E-state index >= 15 is 0 Å². The fourth-order valence-corrected chi connectivity index (χ4v) is 3.69. The van der Waals surface area contributed by atoms with Gasteiger partial charge in [0.25, 0.3) is 5.89 Å². The predicted octanol–water partition coefficient (Wildman–Crippen LogP) is 3.14. The summed E-state index contributed by atoms with van der Waals surface area (Å²) in [5.41, 5.74) is 1.97. The number of hydrogen-bond donors (Lipinski definition) is 1. The monoisotopic (exact) mass is 341 g/mol. The molecule has 118 valence electrons. The van der Waals surface area contributed by atoms with Crippen molar-refractivity contribution in [1.29, 1.82) is 0 Å². The minimum atomic E-state index is -0.0577. The van der Waals surface area contributed by atoms with Gasteiger partial charge in [0.05, 0.1) is 18.8 Å². The summed E-state index contributed by atoms with van der Waals surface area (Å²) in [6.07, 6.45) is 1.82. The van der Waals surface area contributed by atoms with Gasteiger partial charge in [-0.3, -0.25) is 4.79 Å². The number of anilines is 1. The van der Waals surface area contributed by atoms with E-state index in [4.69, 9.17) is 20.9 Å². The van der Waals surface area contributed by atoms with Crippen LogP contribution in [0.4, 0.5) is 5.00 Å². The fourth-order valence-electron chi connectivity index (χ4n) is 2.36. The second-order valence-corrected chi connectivity index (χ2v) is 6.48. The molecule has 1 N–H and O–H groups in total. The quantitative estimate of drug-likeness (QED) is 0.845. The molecule has 6 nitrogen and oxygen atoms in total. The largest absolute Gasteiger partial charge is 0.376 e. The molecule has 1 amide bonds. The minimum absolute atomic E-state index is 0.0577. The predicted molar refractivity (Wildman–Crippen MR) is 84.3 cm³/mol. The van der Waals surface area contributed by atoms with E-state index in [9.17, 15) is 4.79 Å². The lowest BCUT2D eigenvalue weighted by molar-refractivity contribution is -0.116. The zero-order valence-electron chi connectivity index (χ0n) is 12.1. The van der Waals surface area contributed by atoms with Crippen LogP contribution < -0.4 is 5.32 Å². The summed E-state index contributed by atoms with van der Waals surface area (Å²) >= 11 is 7.14. The van der Waals surface area contributed by atoms with E-state index in [0.717, 1.165) is 27.4 Å². The Bertz CT molecular complexity index is 683. The van der Waals surface area contributed by atoms with Crippen molar-refractivity contribution in [2.75, 3.05) is 17.8 Å². The maximum Gasteiger partial charge on any atom is 0.261 e. The number of carbonyl (C=O) groups excluding carboxylic acids is 1. The van der Waals surface area contributed by atoms with Gasteiger partial charge in [-0.25, -0.2) is 0 Å². The van der Waals surface area contributed by atoms with E-state index in [1.54, 1.807) is 6.92 Å². The summed E-state index contributed by atoms with van der Waals surface area (Å²) in [6.45, 7) is 2.98. The van der Waals surface area contributed by atoms with E-state index < -0.39 is 0 Å². The molecule has 0 saturated carbocycles. The van der Waals surface area contributed by atoms with Crippen LogP contribution in [-0.2, 0) is 22.6 Å². The third kappa shape index (κ3) is 3.16. The van der Waals surface area contributed by atoms with Gasteiger partial charge in [0.1, 0.15) is 5.00 Å². The second-order valence-electron chi connectivity index (χ2n) is 5.00. The van der Waals surface area contributed by atoms with Crippen molar-refractivity contribution in [3.05, 3.63) is 16.3 Å². The molecule has 8 heteroatoms. The Morgan fingerprint density at radius 2 is 2.36 bits per heavy atom. The third-order valence-corrected chi connectivity index (χ3v) is 4.74. The summed E-state index contributed by atoms with van der Waals surface area (Å²) in [5.74, 6) is 1.43. The smallest absolute Gasteiger partial charge is 0.261 e. The van der Waals surface area contributed by atoms with Gasteiger partial charge >= 0.3 is 0 Å². The van der Waals surface area contributed by atoms with Crippen LogP contribution in [0.15, 0.2) is 4.52 Å². The minimum Gasteiger partial charge on any atom is -0.376 e. The molecule has 0 aromatic carbocycles. The van der Waals surface area contributed by atoms with Crippen LogP contribution in [0, 0.1) is 6.92 Å². The number of rotatable bonds is 5. The van der Waals surface area contributed by atoms with Crippen LogP contribution in [0.25, 0.3) is 11.5 Å². The van der Waals surface area contributed by atoms with Crippen LogP contribution in [0.2, 0.25) is 0 Å². The fraction of sp³-hybridized carbons (Fsp3) is 0.500. The normalized spacial score (nSPS) is 13.9. The molecule has 2 aromatic heterocycles. The molecule has 1 aliphatic heterocycles. The molecule has 22 heavy (non-hydrogen) atoms. The first-order valence-electron chi connectivity index (χ1n) is 7.08. The maximum absolute atomic E-state index is 12.0. The van der Waals surface area contributed by atoms with Gasteiger partial charge in [-0.1, -0.05) is 5.16 Å². The van der Waals surface area contributed by atoms with E-state index in [0.29, 0.717) is 43.7 Å². The van der Waals surface area contributed by atoms with Crippen LogP contribution in [0.5, 0.6) is 0 Å². The Balaban J connectivity index is 1.94. The Morgan fingerprint density at radius 1 is 1.50 bits per heavy atom. The van der Waals surface area contributed by atoms with Crippen molar-refractivity contribution >= 4 is 33.8 Å². The molecule has 0 unspecified atom stereocenters. The maximum atomic E-state index is 12.0. The molecule has 0 fully saturated rings. The molecule has 0 radical (unpaired) electrons. The molecule has 0 saturated heterocycles. The summed E-state index contributed by atoms with van der Waals surface area (Å²) in [5, 5.41) is 7.55. The molecule has 0 spiro atoms. The van der Waals surface area contributed by atoms with Crippen LogP contribution in [0.3, 0.4) is 0 Å². The number of nitrogens with zero attached hydrogens (tertiary/aromatic N) is 2. The molecule has 3 heterocycles. The number of aryl methyl sites for hydroxylation is 1. The molecular weight excluding hydrogens is 326 g/mol. The number of nitrogens with one attached hydrogen (secondary N) is 1. The zero-order valence-corrected chi connectivity index (χ0v) is 13.7. The molecule has 2 aromatic rings. The average molecular weight is 342 g/mol. The number of aromatic nitrogens is 2. The Kier molecular flexibility index (Phi) is 4.75. The van der Waals surface area contributed by atoms with E-state index in [1.165, 1.54) is 11.3 Å². The number of alkyl halides is 1. The number of carbonyl (C=O) groups is 1.